The molecule has 3 saturated carbocycles. The maximum Gasteiger partial charge on any atom is 0.324 e. The number of nitrogens with one attached hydrogen (secondary N) is 2. The van der Waals surface area contributed by atoms with E-state index in [1.54, 1.807) is 27.7 Å². The van der Waals surface area contributed by atoms with Crippen molar-refractivity contribution in [3.63, 3.8) is 0 Å². The van der Waals surface area contributed by atoms with E-state index in [1.165, 1.54) is 11.3 Å². The van der Waals surface area contributed by atoms with E-state index in [4.69, 9.17) is 11.6 Å². The highest BCUT2D eigenvalue weighted by Crippen LogP contribution is 2.49. The number of hydrogen-bond acceptors (Lipinski definition) is 11. The highest BCUT2D eigenvalue weighted by Gasteiger charge is 2.54. The number of amides is 6. The summed E-state index contributed by atoms with van der Waals surface area (Å²) in [7, 11) is 0. The molecule has 2 aromatic rings. The lowest BCUT2D eigenvalue weighted by Gasteiger charge is -2.47. The lowest BCUT2D eigenvalue weighted by atomic mass is 9.66. The van der Waals surface area contributed by atoms with Gasteiger partial charge in [-0.15, -0.1) is 22.9 Å². The Hall–Kier alpha value is -3.71. The van der Waals surface area contributed by atoms with Crippen LogP contribution in [0.5, 0.6) is 0 Å². The Balaban J connectivity index is 0.672. The number of imide groups is 1. The molecule has 3 aliphatic carbocycles. The molecule has 7 fully saturated rings. The minimum atomic E-state index is -1.10. The Kier molecular flexibility index (Phi) is 13.0. The van der Waals surface area contributed by atoms with Crippen molar-refractivity contribution in [1.29, 1.82) is 0 Å². The molecule has 10 rings (SSSR count). The summed E-state index contributed by atoms with van der Waals surface area (Å²) < 4.78 is 18.3. The molecule has 65 heavy (non-hydrogen) atoms. The molecular weight excluding hydrogens is 875 g/mol. The molecule has 354 valence electrons. The number of anilines is 1. The molecule has 7 heterocycles. The third kappa shape index (κ3) is 9.19. The zero-order valence-corrected chi connectivity index (χ0v) is 38.8. The van der Waals surface area contributed by atoms with Crippen LogP contribution in [-0.2, 0) is 32.1 Å². The van der Waals surface area contributed by atoms with Gasteiger partial charge in [-0.2, -0.15) is 0 Å². The lowest BCUT2D eigenvalue weighted by molar-refractivity contribution is -0.141. The summed E-state index contributed by atoms with van der Waals surface area (Å²) in [4.78, 5) is 84.9. The normalized spacial score (nSPS) is 34.0. The number of aliphatic hydroxyl groups is 1. The first-order chi connectivity index (χ1) is 31.4. The quantitative estimate of drug-likeness (QED) is 0.293. The van der Waals surface area contributed by atoms with Crippen molar-refractivity contribution < 1.29 is 33.5 Å². The van der Waals surface area contributed by atoms with E-state index < -0.39 is 29.7 Å². The number of fused-ring (bicyclic) bond motifs is 2. The van der Waals surface area contributed by atoms with Crippen LogP contribution in [0.3, 0.4) is 0 Å². The van der Waals surface area contributed by atoms with Gasteiger partial charge in [0.15, 0.2) is 11.2 Å². The van der Waals surface area contributed by atoms with Crippen molar-refractivity contribution in [1.82, 2.24) is 44.4 Å². The molecule has 19 heteroatoms. The van der Waals surface area contributed by atoms with Crippen molar-refractivity contribution in [2.75, 3.05) is 57.7 Å². The van der Waals surface area contributed by atoms with E-state index in [-0.39, 0.29) is 66.0 Å². The molecule has 8 atom stereocenters. The summed E-state index contributed by atoms with van der Waals surface area (Å²) >= 11 is 8.25. The van der Waals surface area contributed by atoms with Gasteiger partial charge in [0.1, 0.15) is 6.17 Å². The van der Waals surface area contributed by atoms with Crippen LogP contribution in [0.2, 0.25) is 0 Å². The summed E-state index contributed by atoms with van der Waals surface area (Å²) in [5.41, 5.74) is 0.526. The average molecular weight is 940 g/mol. The number of hydrogen-bond donors (Lipinski definition) is 3. The van der Waals surface area contributed by atoms with Gasteiger partial charge >= 0.3 is 6.03 Å². The Morgan fingerprint density at radius 1 is 0.908 bits per heavy atom. The molecule has 3 N–H and O–H groups in total. The zero-order valence-electron chi connectivity index (χ0n) is 37.2. The van der Waals surface area contributed by atoms with Crippen LogP contribution in [0.25, 0.3) is 0 Å². The molecule has 8 aliphatic rings. The fraction of sp³-hybridized carbons (Fsp3) is 0.761. The number of halogens is 2. The molecule has 8 unspecified atom stereocenters. The first kappa shape index (κ1) is 45.1. The molecule has 0 radical (unpaired) electrons. The van der Waals surface area contributed by atoms with E-state index in [2.05, 4.69) is 35.0 Å². The van der Waals surface area contributed by atoms with Gasteiger partial charge in [-0.3, -0.25) is 39.6 Å². The summed E-state index contributed by atoms with van der Waals surface area (Å²) in [5, 5.41) is 19.0. The number of imidazole rings is 1. The highest BCUT2D eigenvalue weighted by molar-refractivity contribution is 7.13. The van der Waals surface area contributed by atoms with Crippen molar-refractivity contribution in [2.45, 2.75) is 144 Å². The second-order valence-corrected chi connectivity index (χ2v) is 21.8. The predicted octanol–water partition coefficient (Wildman–Crippen LogP) is 4.18. The number of thiazole rings is 1. The molecule has 5 aliphatic heterocycles. The third-order valence-corrected chi connectivity index (χ3v) is 18.0. The van der Waals surface area contributed by atoms with Gasteiger partial charge in [0, 0.05) is 113 Å². The topological polar surface area (TPSA) is 177 Å². The Labute approximate surface area is 389 Å². The number of piperazine rings is 1. The van der Waals surface area contributed by atoms with Crippen LogP contribution in [0.1, 0.15) is 107 Å². The van der Waals surface area contributed by atoms with Crippen molar-refractivity contribution in [2.24, 2.45) is 23.7 Å². The van der Waals surface area contributed by atoms with E-state index in [0.717, 1.165) is 76.7 Å². The highest BCUT2D eigenvalue weighted by atomic mass is 35.5. The second-order valence-electron chi connectivity index (χ2n) is 20.4. The van der Waals surface area contributed by atoms with E-state index in [9.17, 15) is 29.1 Å². The number of piperidine rings is 1. The molecule has 6 amide bonds. The largest absolute Gasteiger partial charge is 0.389 e. The van der Waals surface area contributed by atoms with Crippen LogP contribution >= 0.6 is 22.9 Å². The predicted molar refractivity (Wildman–Crippen MR) is 241 cm³/mol. The number of nitrogens with zero attached hydrogens (tertiary/aromatic N) is 8. The van der Waals surface area contributed by atoms with Gasteiger partial charge in [-0.1, -0.05) is 0 Å². The summed E-state index contributed by atoms with van der Waals surface area (Å²) in [6.45, 7) is 5.68. The maximum atomic E-state index is 16.3. The number of likely N-dealkylation sites (tertiary alicyclic amines) is 2. The first-order valence-electron chi connectivity index (χ1n) is 24.3. The maximum absolute atomic E-state index is 16.3. The molecular formula is C46H64ClFN10O6S. The number of carbonyl (C=O) groups is 5. The first-order valence-corrected chi connectivity index (χ1v) is 25.6. The van der Waals surface area contributed by atoms with Crippen LogP contribution in [-0.4, -0.2) is 161 Å². The van der Waals surface area contributed by atoms with Gasteiger partial charge in [0.05, 0.1) is 29.4 Å². The SMILES string of the molecule is O=C1CCN(C2CCC(N3CCC(O)(CC(=O)N4CCN(C5CCC(C6CC(F)C7CN(C(C(=O)Nc8nccs8)c8ncn9c8CCC9)C(=O)C7C6)CC5)CC4)CC3)C(Cl)C2)C(=O)N1. The molecule has 16 nitrogen and oxygen atoms in total. The van der Waals surface area contributed by atoms with Gasteiger partial charge in [-0.25, -0.2) is 19.2 Å². The number of aromatic nitrogens is 3. The summed E-state index contributed by atoms with van der Waals surface area (Å²) in [5.74, 6) is -1.12. The van der Waals surface area contributed by atoms with E-state index >= 15 is 4.39 Å². The van der Waals surface area contributed by atoms with Crippen molar-refractivity contribution in [3.8, 4) is 0 Å². The van der Waals surface area contributed by atoms with Gasteiger partial charge < -0.3 is 24.4 Å². The van der Waals surface area contributed by atoms with Crippen LogP contribution in [0, 0.1) is 23.7 Å². The van der Waals surface area contributed by atoms with Gasteiger partial charge in [0.2, 0.25) is 17.7 Å². The average Bonchev–Trinajstić information content (AvgIpc) is 4.12. The van der Waals surface area contributed by atoms with Crippen LogP contribution in [0.15, 0.2) is 17.9 Å². The van der Waals surface area contributed by atoms with E-state index in [0.29, 0.717) is 94.0 Å². The van der Waals surface area contributed by atoms with Crippen molar-refractivity contribution >= 4 is 57.7 Å². The third-order valence-electron chi connectivity index (χ3n) is 16.9. The standard InChI is InChI=1S/C46H64ClFN10O6S/c47-34-24-31(57-14-9-38(59)51-45(57)63)7-8-36(34)54-15-10-46(64,11-16-54)25-39(60)55-19-17-53(18-20-55)30-5-3-28(4-6-30)29-22-32-33(35(48)23-29)26-58(43(32)62)41(42(61)52-44-49-12-21-65-44)40-37-2-1-13-56(37)27-50-40/h12,21,27-36,41,64H,1-11,13-20,22-26H2,(H,49,52,61)(H,51,59,63). The Morgan fingerprint density at radius 3 is 2.40 bits per heavy atom. The lowest BCUT2D eigenvalue weighted by Crippen LogP contribution is -2.58. The molecule has 2 aromatic heterocycles. The van der Waals surface area contributed by atoms with Crippen LogP contribution in [0.4, 0.5) is 14.3 Å². The molecule has 4 saturated heterocycles. The Morgan fingerprint density at radius 2 is 1.68 bits per heavy atom. The summed E-state index contributed by atoms with van der Waals surface area (Å²) in [6, 6.07) is -0.688. The fourth-order valence-corrected chi connectivity index (χ4v) is 14.2. The zero-order chi connectivity index (χ0) is 45.0. The number of alkyl halides is 2. The van der Waals surface area contributed by atoms with Crippen LogP contribution < -0.4 is 10.6 Å². The number of carbonyl (C=O) groups excluding carboxylic acids is 5. The fourth-order valence-electron chi connectivity index (χ4n) is 13.2. The number of urea groups is 1. The molecule has 0 bridgehead atoms. The molecule has 0 aromatic carbocycles. The van der Waals surface area contributed by atoms with Gasteiger partial charge in [0.25, 0.3) is 5.91 Å². The minimum absolute atomic E-state index is 0.00928. The summed E-state index contributed by atoms with van der Waals surface area (Å²) in [6.07, 6.45) is 12.9. The smallest absolute Gasteiger partial charge is 0.324 e. The van der Waals surface area contributed by atoms with Crippen molar-refractivity contribution in [3.05, 3.63) is 29.3 Å². The van der Waals surface area contributed by atoms with Gasteiger partial charge in [-0.05, 0) is 95.3 Å². The number of aryl methyl sites for hydroxylation is 1. The Bertz CT molecular complexity index is 2090. The monoisotopic (exact) mass is 938 g/mol. The minimum Gasteiger partial charge on any atom is -0.389 e. The van der Waals surface area contributed by atoms with E-state index in [1.807, 2.05) is 4.90 Å². The number of rotatable bonds is 10. The second kappa shape index (κ2) is 18.8. The molecule has 0 spiro atoms.